The Morgan fingerprint density at radius 2 is 1.83 bits per heavy atom. The van der Waals surface area contributed by atoms with E-state index >= 15 is 0 Å². The summed E-state index contributed by atoms with van der Waals surface area (Å²) in [5, 5.41) is 4.17. The second-order valence-corrected chi connectivity index (χ2v) is 4.90. The molecular formula is C12H14Cl2N2O2. The lowest BCUT2D eigenvalue weighted by Gasteiger charge is -2.27. The smallest absolute Gasteiger partial charge is 0.260 e. The van der Waals surface area contributed by atoms with Crippen LogP contribution in [-0.2, 0) is 4.79 Å². The van der Waals surface area contributed by atoms with E-state index < -0.39 is 0 Å². The molecule has 0 radical (unpaired) electrons. The van der Waals surface area contributed by atoms with Gasteiger partial charge in [0.25, 0.3) is 5.91 Å². The van der Waals surface area contributed by atoms with Gasteiger partial charge in [-0.05, 0) is 18.2 Å². The average molecular weight is 289 g/mol. The Labute approximate surface area is 116 Å². The van der Waals surface area contributed by atoms with Crippen molar-refractivity contribution in [1.29, 1.82) is 0 Å². The zero-order valence-electron chi connectivity index (χ0n) is 9.79. The molecule has 0 bridgehead atoms. The van der Waals surface area contributed by atoms with Gasteiger partial charge in [-0.25, -0.2) is 0 Å². The number of hydrogen-bond acceptors (Lipinski definition) is 3. The molecule has 0 atom stereocenters. The highest BCUT2D eigenvalue weighted by atomic mass is 35.5. The van der Waals surface area contributed by atoms with E-state index in [2.05, 4.69) is 5.32 Å². The van der Waals surface area contributed by atoms with Crippen LogP contribution in [0.5, 0.6) is 5.75 Å². The molecule has 0 aromatic heterocycles. The van der Waals surface area contributed by atoms with Crippen LogP contribution in [0, 0.1) is 0 Å². The van der Waals surface area contributed by atoms with Gasteiger partial charge in [0.2, 0.25) is 0 Å². The normalized spacial score (nSPS) is 15.6. The summed E-state index contributed by atoms with van der Waals surface area (Å²) in [6.45, 7) is 3.11. The van der Waals surface area contributed by atoms with Gasteiger partial charge in [0.1, 0.15) is 5.75 Å². The minimum absolute atomic E-state index is 0.0106. The maximum absolute atomic E-state index is 11.8. The van der Waals surface area contributed by atoms with Crippen LogP contribution in [0.4, 0.5) is 0 Å². The number of carbonyl (C=O) groups excluding carboxylic acids is 1. The molecule has 0 spiro atoms. The summed E-state index contributed by atoms with van der Waals surface area (Å²) in [5.74, 6) is 0.489. The van der Waals surface area contributed by atoms with E-state index in [4.69, 9.17) is 27.9 Å². The lowest BCUT2D eigenvalue weighted by Crippen LogP contribution is -2.47. The molecular weight excluding hydrogens is 275 g/mol. The van der Waals surface area contributed by atoms with Crippen LogP contribution in [0.25, 0.3) is 0 Å². The molecule has 4 nitrogen and oxygen atoms in total. The topological polar surface area (TPSA) is 41.6 Å². The molecule has 18 heavy (non-hydrogen) atoms. The minimum Gasteiger partial charge on any atom is -0.484 e. The lowest BCUT2D eigenvalue weighted by molar-refractivity contribution is -0.133. The summed E-state index contributed by atoms with van der Waals surface area (Å²) in [6.07, 6.45) is 0. The fourth-order valence-electron chi connectivity index (χ4n) is 1.76. The van der Waals surface area contributed by atoms with Gasteiger partial charge in [-0.1, -0.05) is 23.2 Å². The Kier molecular flexibility index (Phi) is 4.69. The van der Waals surface area contributed by atoms with E-state index in [-0.39, 0.29) is 12.5 Å². The van der Waals surface area contributed by atoms with Crippen molar-refractivity contribution >= 4 is 29.1 Å². The molecule has 98 valence electrons. The number of rotatable bonds is 3. The Balaban J connectivity index is 1.88. The number of nitrogens with one attached hydrogen (secondary N) is 1. The van der Waals surface area contributed by atoms with Gasteiger partial charge >= 0.3 is 0 Å². The second-order valence-electron chi connectivity index (χ2n) is 4.02. The van der Waals surface area contributed by atoms with Crippen molar-refractivity contribution in [1.82, 2.24) is 10.2 Å². The molecule has 2 rings (SSSR count). The number of amides is 1. The van der Waals surface area contributed by atoms with Crippen LogP contribution >= 0.6 is 23.2 Å². The second kappa shape index (κ2) is 6.27. The zero-order valence-corrected chi connectivity index (χ0v) is 11.3. The van der Waals surface area contributed by atoms with Gasteiger partial charge in [0.05, 0.1) is 0 Å². The molecule has 0 unspecified atom stereocenters. The standard InChI is InChI=1S/C12H14Cl2N2O2/c13-9-5-10(14)7-11(6-9)18-8-12(17)16-3-1-15-2-4-16/h5-7,15H,1-4,8H2. The molecule has 1 fully saturated rings. The first-order chi connectivity index (χ1) is 8.65. The summed E-state index contributed by atoms with van der Waals surface area (Å²) in [7, 11) is 0. The average Bonchev–Trinajstić information content (AvgIpc) is 2.36. The molecule has 1 aromatic rings. The number of halogens is 2. The van der Waals surface area contributed by atoms with E-state index in [0.29, 0.717) is 15.8 Å². The van der Waals surface area contributed by atoms with Crippen LogP contribution < -0.4 is 10.1 Å². The quantitative estimate of drug-likeness (QED) is 0.922. The van der Waals surface area contributed by atoms with Gasteiger partial charge in [0.15, 0.2) is 6.61 Å². The summed E-state index contributed by atoms with van der Waals surface area (Å²) in [4.78, 5) is 13.6. The summed E-state index contributed by atoms with van der Waals surface area (Å²) >= 11 is 11.7. The molecule has 1 aliphatic heterocycles. The fourth-order valence-corrected chi connectivity index (χ4v) is 2.27. The molecule has 1 amide bonds. The van der Waals surface area contributed by atoms with Crippen LogP contribution in [-0.4, -0.2) is 43.6 Å². The van der Waals surface area contributed by atoms with Crippen molar-refractivity contribution in [2.24, 2.45) is 0 Å². The highest BCUT2D eigenvalue weighted by Crippen LogP contribution is 2.24. The summed E-state index contributed by atoms with van der Waals surface area (Å²) < 4.78 is 5.40. The Hall–Kier alpha value is -0.970. The number of carbonyl (C=O) groups is 1. The third-order valence-electron chi connectivity index (χ3n) is 2.67. The largest absolute Gasteiger partial charge is 0.484 e. The van der Waals surface area contributed by atoms with Gasteiger partial charge in [-0.2, -0.15) is 0 Å². The first-order valence-corrected chi connectivity index (χ1v) is 6.48. The van der Waals surface area contributed by atoms with E-state index in [9.17, 15) is 4.79 Å². The molecule has 6 heteroatoms. The predicted molar refractivity (Wildman–Crippen MR) is 71.4 cm³/mol. The third kappa shape index (κ3) is 3.77. The highest BCUT2D eigenvalue weighted by molar-refractivity contribution is 6.34. The van der Waals surface area contributed by atoms with Crippen molar-refractivity contribution < 1.29 is 9.53 Å². The van der Waals surface area contributed by atoms with Gasteiger partial charge < -0.3 is 15.0 Å². The van der Waals surface area contributed by atoms with Crippen LogP contribution in [0.3, 0.4) is 0 Å². The maximum Gasteiger partial charge on any atom is 0.260 e. The lowest BCUT2D eigenvalue weighted by atomic mass is 10.3. The third-order valence-corrected chi connectivity index (χ3v) is 3.10. The van der Waals surface area contributed by atoms with E-state index in [0.717, 1.165) is 26.2 Å². The predicted octanol–water partition coefficient (Wildman–Crippen LogP) is 1.80. The van der Waals surface area contributed by atoms with Crippen LogP contribution in [0.1, 0.15) is 0 Å². The number of piperazine rings is 1. The number of ether oxygens (including phenoxy) is 1. The van der Waals surface area contributed by atoms with Gasteiger partial charge in [0, 0.05) is 36.2 Å². The first kappa shape index (κ1) is 13.5. The summed E-state index contributed by atoms with van der Waals surface area (Å²) in [6, 6.07) is 4.89. The molecule has 0 aliphatic carbocycles. The SMILES string of the molecule is O=C(COc1cc(Cl)cc(Cl)c1)N1CCNCC1. The van der Waals surface area contributed by atoms with E-state index in [1.807, 2.05) is 0 Å². The number of hydrogen-bond donors (Lipinski definition) is 1. The van der Waals surface area contributed by atoms with Crippen molar-refractivity contribution in [3.8, 4) is 5.75 Å². The van der Waals surface area contributed by atoms with E-state index in [1.165, 1.54) is 0 Å². The summed E-state index contributed by atoms with van der Waals surface area (Å²) in [5.41, 5.74) is 0. The highest BCUT2D eigenvalue weighted by Gasteiger charge is 2.16. The minimum atomic E-state index is -0.0207. The Bertz CT molecular complexity index is 414. The monoisotopic (exact) mass is 288 g/mol. The number of benzene rings is 1. The Morgan fingerprint density at radius 1 is 1.22 bits per heavy atom. The number of nitrogens with zero attached hydrogens (tertiary/aromatic N) is 1. The van der Waals surface area contributed by atoms with Crippen LogP contribution in [0.15, 0.2) is 18.2 Å². The molecule has 1 saturated heterocycles. The van der Waals surface area contributed by atoms with Gasteiger partial charge in [-0.15, -0.1) is 0 Å². The van der Waals surface area contributed by atoms with Crippen LogP contribution in [0.2, 0.25) is 10.0 Å². The molecule has 1 aliphatic rings. The zero-order chi connectivity index (χ0) is 13.0. The molecule has 0 saturated carbocycles. The van der Waals surface area contributed by atoms with Crippen molar-refractivity contribution in [2.45, 2.75) is 0 Å². The Morgan fingerprint density at radius 3 is 2.44 bits per heavy atom. The van der Waals surface area contributed by atoms with Crippen molar-refractivity contribution in [3.05, 3.63) is 28.2 Å². The fraction of sp³-hybridized carbons (Fsp3) is 0.417. The molecule has 1 N–H and O–H groups in total. The van der Waals surface area contributed by atoms with Gasteiger partial charge in [-0.3, -0.25) is 4.79 Å². The first-order valence-electron chi connectivity index (χ1n) is 5.72. The van der Waals surface area contributed by atoms with Crippen molar-refractivity contribution in [3.63, 3.8) is 0 Å². The molecule has 1 heterocycles. The van der Waals surface area contributed by atoms with Crippen molar-refractivity contribution in [2.75, 3.05) is 32.8 Å². The molecule has 1 aromatic carbocycles. The maximum atomic E-state index is 11.8. The van der Waals surface area contributed by atoms with E-state index in [1.54, 1.807) is 23.1 Å².